The van der Waals surface area contributed by atoms with Crippen LogP contribution in [0.4, 0.5) is 0 Å². The molecule has 0 fully saturated rings. The summed E-state index contributed by atoms with van der Waals surface area (Å²) in [5, 5.41) is 3.53. The van der Waals surface area contributed by atoms with Gasteiger partial charge in [0.25, 0.3) is 0 Å². The number of aromatic nitrogens is 1. The molecular formula is C17H20N2O. The van der Waals surface area contributed by atoms with Crippen LogP contribution < -0.4 is 10.1 Å². The van der Waals surface area contributed by atoms with Crippen molar-refractivity contribution in [3.05, 3.63) is 58.9 Å². The third-order valence-electron chi connectivity index (χ3n) is 3.67. The summed E-state index contributed by atoms with van der Waals surface area (Å²) in [5.74, 6) is 1.04. The Labute approximate surface area is 120 Å². The van der Waals surface area contributed by atoms with Gasteiger partial charge in [0.2, 0.25) is 0 Å². The molecule has 104 valence electrons. The molecule has 1 aliphatic heterocycles. The molecule has 0 radical (unpaired) electrons. The summed E-state index contributed by atoms with van der Waals surface area (Å²) < 4.78 is 5.84. The quantitative estimate of drug-likeness (QED) is 0.925. The zero-order chi connectivity index (χ0) is 13.9. The van der Waals surface area contributed by atoms with Crippen LogP contribution in [0.5, 0.6) is 5.75 Å². The highest BCUT2D eigenvalue weighted by Crippen LogP contribution is 2.35. The second-order valence-electron chi connectivity index (χ2n) is 5.13. The van der Waals surface area contributed by atoms with Gasteiger partial charge in [-0.3, -0.25) is 4.98 Å². The topological polar surface area (TPSA) is 34.2 Å². The predicted octanol–water partition coefficient (Wildman–Crippen LogP) is 3.02. The molecule has 1 atom stereocenters. The molecule has 2 heterocycles. The van der Waals surface area contributed by atoms with Gasteiger partial charge in [0.1, 0.15) is 5.75 Å². The van der Waals surface area contributed by atoms with Crippen molar-refractivity contribution in [2.24, 2.45) is 0 Å². The monoisotopic (exact) mass is 268 g/mol. The first-order valence-electron chi connectivity index (χ1n) is 7.21. The number of nitrogens with zero attached hydrogens (tertiary/aromatic N) is 1. The number of hydrogen-bond acceptors (Lipinski definition) is 3. The zero-order valence-corrected chi connectivity index (χ0v) is 12.0. The van der Waals surface area contributed by atoms with E-state index in [1.54, 1.807) is 0 Å². The molecule has 0 amide bonds. The van der Waals surface area contributed by atoms with E-state index in [2.05, 4.69) is 47.6 Å². The van der Waals surface area contributed by atoms with Crippen molar-refractivity contribution >= 4 is 0 Å². The first-order chi connectivity index (χ1) is 9.79. The van der Waals surface area contributed by atoms with E-state index in [4.69, 9.17) is 4.74 Å². The molecule has 0 spiro atoms. The standard InChI is InChI=1S/C17H20N2O/c1-3-18-16(15-9-4-6-12(2)19-15)14-8-5-7-13-10-11-20-17(13)14/h4-9,16,18H,3,10-11H2,1-2H3. The van der Waals surface area contributed by atoms with Crippen LogP contribution in [0, 0.1) is 6.92 Å². The Morgan fingerprint density at radius 1 is 1.25 bits per heavy atom. The minimum absolute atomic E-state index is 0.0907. The molecular weight excluding hydrogens is 248 g/mol. The third kappa shape index (κ3) is 2.41. The highest BCUT2D eigenvalue weighted by atomic mass is 16.5. The first-order valence-corrected chi connectivity index (χ1v) is 7.21. The van der Waals surface area contributed by atoms with Gasteiger partial charge in [-0.05, 0) is 31.2 Å². The van der Waals surface area contributed by atoms with Gasteiger partial charge in [0.15, 0.2) is 0 Å². The zero-order valence-electron chi connectivity index (χ0n) is 12.0. The fourth-order valence-corrected chi connectivity index (χ4v) is 2.77. The van der Waals surface area contributed by atoms with Crippen LogP contribution in [0.3, 0.4) is 0 Å². The summed E-state index contributed by atoms with van der Waals surface area (Å²) in [6.07, 6.45) is 1.00. The summed E-state index contributed by atoms with van der Waals surface area (Å²) in [6, 6.07) is 12.7. The smallest absolute Gasteiger partial charge is 0.127 e. The molecule has 1 aliphatic rings. The predicted molar refractivity (Wildman–Crippen MR) is 80.1 cm³/mol. The van der Waals surface area contributed by atoms with Crippen LogP contribution in [-0.2, 0) is 6.42 Å². The van der Waals surface area contributed by atoms with E-state index in [-0.39, 0.29) is 6.04 Å². The fourth-order valence-electron chi connectivity index (χ4n) is 2.77. The van der Waals surface area contributed by atoms with Gasteiger partial charge >= 0.3 is 0 Å². The van der Waals surface area contributed by atoms with Gasteiger partial charge in [0, 0.05) is 17.7 Å². The van der Waals surface area contributed by atoms with Crippen LogP contribution in [0.25, 0.3) is 0 Å². The molecule has 3 heteroatoms. The third-order valence-corrected chi connectivity index (χ3v) is 3.67. The maximum absolute atomic E-state index is 5.84. The lowest BCUT2D eigenvalue weighted by Gasteiger charge is -2.20. The van der Waals surface area contributed by atoms with Gasteiger partial charge < -0.3 is 10.1 Å². The largest absolute Gasteiger partial charge is 0.493 e. The van der Waals surface area contributed by atoms with Crippen LogP contribution in [-0.4, -0.2) is 18.1 Å². The van der Waals surface area contributed by atoms with Crippen LogP contribution in [0.1, 0.15) is 35.5 Å². The van der Waals surface area contributed by atoms with E-state index in [1.165, 1.54) is 11.1 Å². The van der Waals surface area contributed by atoms with Gasteiger partial charge in [-0.2, -0.15) is 0 Å². The van der Waals surface area contributed by atoms with Crippen LogP contribution >= 0.6 is 0 Å². The van der Waals surface area contributed by atoms with Crippen molar-refractivity contribution in [3.8, 4) is 5.75 Å². The van der Waals surface area contributed by atoms with Crippen LogP contribution in [0.15, 0.2) is 36.4 Å². The van der Waals surface area contributed by atoms with E-state index in [9.17, 15) is 0 Å². The average Bonchev–Trinajstić information content (AvgIpc) is 2.93. The molecule has 0 saturated heterocycles. The maximum Gasteiger partial charge on any atom is 0.127 e. The second kappa shape index (κ2) is 5.63. The maximum atomic E-state index is 5.84. The van der Waals surface area contributed by atoms with E-state index in [0.29, 0.717) is 0 Å². The summed E-state index contributed by atoms with van der Waals surface area (Å²) >= 11 is 0. The van der Waals surface area contributed by atoms with Gasteiger partial charge in [-0.25, -0.2) is 0 Å². The van der Waals surface area contributed by atoms with E-state index < -0.39 is 0 Å². The lowest BCUT2D eigenvalue weighted by atomic mass is 9.98. The minimum atomic E-state index is 0.0907. The van der Waals surface area contributed by atoms with E-state index >= 15 is 0 Å². The van der Waals surface area contributed by atoms with Crippen LogP contribution in [0.2, 0.25) is 0 Å². The highest BCUT2D eigenvalue weighted by molar-refractivity contribution is 5.48. The van der Waals surface area contributed by atoms with Crippen molar-refractivity contribution in [2.75, 3.05) is 13.2 Å². The molecule has 3 rings (SSSR count). The average molecular weight is 268 g/mol. The van der Waals surface area contributed by atoms with Crippen molar-refractivity contribution in [1.82, 2.24) is 10.3 Å². The Morgan fingerprint density at radius 2 is 2.10 bits per heavy atom. The molecule has 2 aromatic rings. The molecule has 20 heavy (non-hydrogen) atoms. The summed E-state index contributed by atoms with van der Waals surface area (Å²) in [7, 11) is 0. The first kappa shape index (κ1) is 13.1. The molecule has 0 saturated carbocycles. The summed E-state index contributed by atoms with van der Waals surface area (Å²) in [6.45, 7) is 5.82. The number of para-hydroxylation sites is 1. The Balaban J connectivity index is 2.05. The number of ether oxygens (including phenoxy) is 1. The molecule has 1 N–H and O–H groups in total. The second-order valence-corrected chi connectivity index (χ2v) is 5.13. The number of aryl methyl sites for hydroxylation is 1. The Kier molecular flexibility index (Phi) is 3.70. The van der Waals surface area contributed by atoms with Gasteiger partial charge in [0.05, 0.1) is 18.3 Å². The molecule has 1 unspecified atom stereocenters. The Morgan fingerprint density at radius 3 is 2.90 bits per heavy atom. The lowest BCUT2D eigenvalue weighted by molar-refractivity contribution is 0.350. The number of pyridine rings is 1. The fraction of sp³-hybridized carbons (Fsp3) is 0.353. The summed E-state index contributed by atoms with van der Waals surface area (Å²) in [5.41, 5.74) is 4.59. The molecule has 1 aromatic carbocycles. The molecule has 3 nitrogen and oxygen atoms in total. The van der Waals surface area contributed by atoms with Crippen molar-refractivity contribution < 1.29 is 4.74 Å². The molecule has 0 bridgehead atoms. The van der Waals surface area contributed by atoms with E-state index in [1.807, 2.05) is 13.0 Å². The van der Waals surface area contributed by atoms with E-state index in [0.717, 1.165) is 36.7 Å². The van der Waals surface area contributed by atoms with Crippen molar-refractivity contribution in [2.45, 2.75) is 26.3 Å². The minimum Gasteiger partial charge on any atom is -0.493 e. The van der Waals surface area contributed by atoms with Gasteiger partial charge in [-0.15, -0.1) is 0 Å². The molecule has 1 aromatic heterocycles. The number of nitrogens with one attached hydrogen (secondary N) is 1. The number of rotatable bonds is 4. The van der Waals surface area contributed by atoms with Crippen molar-refractivity contribution in [1.29, 1.82) is 0 Å². The number of benzene rings is 1. The Bertz CT molecular complexity index is 610. The highest BCUT2D eigenvalue weighted by Gasteiger charge is 2.23. The number of fused-ring (bicyclic) bond motifs is 1. The van der Waals surface area contributed by atoms with Crippen molar-refractivity contribution in [3.63, 3.8) is 0 Å². The lowest BCUT2D eigenvalue weighted by Crippen LogP contribution is -2.23. The normalized spacial score (nSPS) is 14.7. The molecule has 0 aliphatic carbocycles. The SMILES string of the molecule is CCNC(c1cccc(C)n1)c1cccc2c1OCC2. The number of hydrogen-bond donors (Lipinski definition) is 1. The summed E-state index contributed by atoms with van der Waals surface area (Å²) in [4.78, 5) is 4.68. The Hall–Kier alpha value is -1.87. The van der Waals surface area contributed by atoms with Gasteiger partial charge in [-0.1, -0.05) is 31.2 Å².